The summed E-state index contributed by atoms with van der Waals surface area (Å²) in [5.41, 5.74) is 1.84. The standard InChI is InChI=1S/C15H15N3O/c1-2-12-3-5-13(6-4-12)18-14(16-11-17-18)9-15(10-19)7-8-15/h2-6,10-11H,1,7-9H2. The Kier molecular flexibility index (Phi) is 2.78. The molecule has 0 N–H and O–H groups in total. The van der Waals surface area contributed by atoms with Gasteiger partial charge in [0, 0.05) is 11.8 Å². The van der Waals surface area contributed by atoms with Gasteiger partial charge in [-0.3, -0.25) is 0 Å². The van der Waals surface area contributed by atoms with Crippen LogP contribution in [0.3, 0.4) is 0 Å². The predicted octanol–water partition coefficient (Wildman–Crippen LogP) is 2.43. The van der Waals surface area contributed by atoms with Crippen LogP contribution < -0.4 is 0 Å². The van der Waals surface area contributed by atoms with Crippen LogP contribution in [-0.4, -0.2) is 21.1 Å². The summed E-state index contributed by atoms with van der Waals surface area (Å²) >= 11 is 0. The van der Waals surface area contributed by atoms with Crippen LogP contribution in [0.5, 0.6) is 0 Å². The number of nitrogens with zero attached hydrogens (tertiary/aromatic N) is 3. The van der Waals surface area contributed by atoms with Gasteiger partial charge >= 0.3 is 0 Å². The maximum atomic E-state index is 11.1. The molecular weight excluding hydrogens is 238 g/mol. The van der Waals surface area contributed by atoms with E-state index in [0.29, 0.717) is 6.42 Å². The Morgan fingerprint density at radius 2 is 2.05 bits per heavy atom. The van der Waals surface area contributed by atoms with Crippen molar-refractivity contribution in [2.24, 2.45) is 5.41 Å². The van der Waals surface area contributed by atoms with Crippen LogP contribution in [0, 0.1) is 5.41 Å². The van der Waals surface area contributed by atoms with Gasteiger partial charge in [-0.2, -0.15) is 5.10 Å². The molecule has 0 bridgehead atoms. The van der Waals surface area contributed by atoms with Gasteiger partial charge < -0.3 is 4.79 Å². The van der Waals surface area contributed by atoms with Gasteiger partial charge in [-0.1, -0.05) is 24.8 Å². The molecular formula is C15H15N3O. The van der Waals surface area contributed by atoms with E-state index in [1.165, 1.54) is 6.33 Å². The third-order valence-electron chi connectivity index (χ3n) is 3.64. The highest BCUT2D eigenvalue weighted by Gasteiger charge is 2.43. The van der Waals surface area contributed by atoms with E-state index in [4.69, 9.17) is 0 Å². The minimum absolute atomic E-state index is 0.189. The van der Waals surface area contributed by atoms with Gasteiger partial charge in [0.15, 0.2) is 0 Å². The number of rotatable bonds is 5. The van der Waals surface area contributed by atoms with Crippen LogP contribution in [0.25, 0.3) is 11.8 Å². The smallest absolute Gasteiger partial charge is 0.138 e. The molecule has 0 aliphatic heterocycles. The van der Waals surface area contributed by atoms with Crippen molar-refractivity contribution in [1.29, 1.82) is 0 Å². The molecule has 1 heterocycles. The first kappa shape index (κ1) is 11.8. The second kappa shape index (κ2) is 4.46. The number of aromatic nitrogens is 3. The molecule has 4 nitrogen and oxygen atoms in total. The molecule has 4 heteroatoms. The summed E-state index contributed by atoms with van der Waals surface area (Å²) in [5.74, 6) is 0.843. The zero-order valence-electron chi connectivity index (χ0n) is 10.6. The maximum Gasteiger partial charge on any atom is 0.138 e. The lowest BCUT2D eigenvalue weighted by atomic mass is 10.0. The highest BCUT2D eigenvalue weighted by molar-refractivity contribution is 5.64. The highest BCUT2D eigenvalue weighted by atomic mass is 16.1. The molecule has 0 amide bonds. The minimum atomic E-state index is -0.189. The molecule has 96 valence electrons. The van der Waals surface area contributed by atoms with Crippen LogP contribution in [0.1, 0.15) is 24.2 Å². The highest BCUT2D eigenvalue weighted by Crippen LogP contribution is 2.46. The van der Waals surface area contributed by atoms with Gasteiger partial charge in [-0.25, -0.2) is 9.67 Å². The summed E-state index contributed by atoms with van der Waals surface area (Å²) in [6.07, 6.45) is 6.99. The molecule has 0 spiro atoms. The maximum absolute atomic E-state index is 11.1. The number of carbonyl (C=O) groups is 1. The molecule has 0 radical (unpaired) electrons. The summed E-state index contributed by atoms with van der Waals surface area (Å²) < 4.78 is 1.80. The van der Waals surface area contributed by atoms with Crippen molar-refractivity contribution < 1.29 is 4.79 Å². The predicted molar refractivity (Wildman–Crippen MR) is 72.9 cm³/mol. The minimum Gasteiger partial charge on any atom is -0.303 e. The first-order valence-corrected chi connectivity index (χ1v) is 6.34. The van der Waals surface area contributed by atoms with Crippen LogP contribution in [0.15, 0.2) is 37.2 Å². The van der Waals surface area contributed by atoms with E-state index in [-0.39, 0.29) is 5.41 Å². The molecule has 0 saturated heterocycles. The Morgan fingerprint density at radius 3 is 2.63 bits per heavy atom. The van der Waals surface area contributed by atoms with E-state index >= 15 is 0 Å². The van der Waals surface area contributed by atoms with E-state index in [9.17, 15) is 4.79 Å². The van der Waals surface area contributed by atoms with E-state index < -0.39 is 0 Å². The summed E-state index contributed by atoms with van der Waals surface area (Å²) in [5, 5.41) is 4.25. The summed E-state index contributed by atoms with van der Waals surface area (Å²) in [6.45, 7) is 3.74. The molecule has 1 aromatic heterocycles. The van der Waals surface area contributed by atoms with E-state index in [1.807, 2.05) is 24.3 Å². The van der Waals surface area contributed by atoms with Crippen LogP contribution in [-0.2, 0) is 11.2 Å². The van der Waals surface area contributed by atoms with Crippen LogP contribution >= 0.6 is 0 Å². The number of carbonyl (C=O) groups excluding carboxylic acids is 1. The lowest BCUT2D eigenvalue weighted by molar-refractivity contribution is -0.112. The second-order valence-corrected chi connectivity index (χ2v) is 5.04. The fraction of sp³-hybridized carbons (Fsp3) is 0.267. The monoisotopic (exact) mass is 253 g/mol. The van der Waals surface area contributed by atoms with Crippen molar-refractivity contribution in [3.05, 3.63) is 48.6 Å². The Labute approximate surface area is 111 Å². The van der Waals surface area contributed by atoms with Crippen LogP contribution in [0.4, 0.5) is 0 Å². The summed E-state index contributed by atoms with van der Waals surface area (Å²) in [7, 11) is 0. The molecule has 1 saturated carbocycles. The van der Waals surface area contributed by atoms with Crippen molar-refractivity contribution >= 4 is 12.4 Å². The molecule has 1 aromatic carbocycles. The average molecular weight is 253 g/mol. The van der Waals surface area contributed by atoms with Gasteiger partial charge in [0.05, 0.1) is 5.69 Å². The fourth-order valence-electron chi connectivity index (χ4n) is 2.17. The topological polar surface area (TPSA) is 47.8 Å². The fourth-order valence-corrected chi connectivity index (χ4v) is 2.17. The number of hydrogen-bond donors (Lipinski definition) is 0. The van der Waals surface area contributed by atoms with Gasteiger partial charge in [0.1, 0.15) is 18.4 Å². The van der Waals surface area contributed by atoms with E-state index in [0.717, 1.165) is 36.2 Å². The van der Waals surface area contributed by atoms with E-state index in [1.54, 1.807) is 10.8 Å². The zero-order valence-corrected chi connectivity index (χ0v) is 10.6. The molecule has 0 atom stereocenters. The lowest BCUT2D eigenvalue weighted by Crippen LogP contribution is -2.12. The molecule has 2 aromatic rings. The number of benzene rings is 1. The summed E-state index contributed by atoms with van der Waals surface area (Å²) in [6, 6.07) is 7.94. The Bertz CT molecular complexity index is 609. The third-order valence-corrected chi connectivity index (χ3v) is 3.64. The molecule has 0 unspecified atom stereocenters. The first-order chi connectivity index (χ1) is 9.26. The van der Waals surface area contributed by atoms with Gasteiger partial charge in [0.25, 0.3) is 0 Å². The quantitative estimate of drug-likeness (QED) is 0.769. The molecule has 19 heavy (non-hydrogen) atoms. The molecule has 1 aliphatic carbocycles. The average Bonchev–Trinajstić information content (AvgIpc) is 3.09. The largest absolute Gasteiger partial charge is 0.303 e. The third kappa shape index (κ3) is 2.21. The number of aldehydes is 1. The Morgan fingerprint density at radius 1 is 1.32 bits per heavy atom. The first-order valence-electron chi connectivity index (χ1n) is 6.34. The van der Waals surface area contributed by atoms with Crippen LogP contribution in [0.2, 0.25) is 0 Å². The normalized spacial score (nSPS) is 16.0. The number of hydrogen-bond acceptors (Lipinski definition) is 3. The summed E-state index contributed by atoms with van der Waals surface area (Å²) in [4.78, 5) is 15.4. The van der Waals surface area contributed by atoms with Gasteiger partial charge in [0.2, 0.25) is 0 Å². The van der Waals surface area contributed by atoms with Gasteiger partial charge in [-0.05, 0) is 30.5 Å². The van der Waals surface area contributed by atoms with Crippen molar-refractivity contribution in [3.63, 3.8) is 0 Å². The van der Waals surface area contributed by atoms with Crippen molar-refractivity contribution in [3.8, 4) is 5.69 Å². The second-order valence-electron chi connectivity index (χ2n) is 5.04. The van der Waals surface area contributed by atoms with Crippen molar-refractivity contribution in [2.75, 3.05) is 0 Å². The van der Waals surface area contributed by atoms with Crippen molar-refractivity contribution in [2.45, 2.75) is 19.3 Å². The Balaban J connectivity index is 1.90. The van der Waals surface area contributed by atoms with E-state index in [2.05, 4.69) is 16.7 Å². The molecule has 1 aliphatic rings. The SMILES string of the molecule is C=Cc1ccc(-n2ncnc2CC2(C=O)CC2)cc1. The zero-order chi connectivity index (χ0) is 13.3. The Hall–Kier alpha value is -2.23. The lowest BCUT2D eigenvalue weighted by Gasteiger charge is -2.09. The van der Waals surface area contributed by atoms with Crippen molar-refractivity contribution in [1.82, 2.24) is 14.8 Å². The molecule has 1 fully saturated rings. The molecule has 3 rings (SSSR count). The van der Waals surface area contributed by atoms with Gasteiger partial charge in [-0.15, -0.1) is 0 Å².